The number of aromatic nitrogens is 2. The van der Waals surface area contributed by atoms with Crippen LogP contribution in [0.3, 0.4) is 0 Å². The van der Waals surface area contributed by atoms with Gasteiger partial charge in [-0.2, -0.15) is 5.10 Å². The number of carbonyl (C=O) groups is 1. The van der Waals surface area contributed by atoms with Crippen LogP contribution in [-0.2, 0) is 6.54 Å². The molecule has 0 saturated heterocycles. The predicted octanol–water partition coefficient (Wildman–Crippen LogP) is 3.80. The van der Waals surface area contributed by atoms with E-state index in [0.717, 1.165) is 11.1 Å². The molecule has 3 rings (SSSR count). The van der Waals surface area contributed by atoms with E-state index in [2.05, 4.69) is 22.5 Å². The van der Waals surface area contributed by atoms with Crippen LogP contribution in [0.4, 0.5) is 5.69 Å². The summed E-state index contributed by atoms with van der Waals surface area (Å²) in [4.78, 5) is 12.4. The fourth-order valence-electron chi connectivity index (χ4n) is 2.55. The first-order valence-electron chi connectivity index (χ1n) is 7.57. The van der Waals surface area contributed by atoms with E-state index >= 15 is 0 Å². The summed E-state index contributed by atoms with van der Waals surface area (Å²) in [5, 5.41) is 7.20. The highest BCUT2D eigenvalue weighted by Crippen LogP contribution is 2.14. The van der Waals surface area contributed by atoms with Crippen LogP contribution in [0.5, 0.6) is 0 Å². The van der Waals surface area contributed by atoms with E-state index in [1.165, 1.54) is 5.56 Å². The van der Waals surface area contributed by atoms with Gasteiger partial charge in [-0.05, 0) is 31.0 Å². The van der Waals surface area contributed by atoms with Gasteiger partial charge in [0.15, 0.2) is 0 Å². The number of hydrogen-bond donors (Lipinski definition) is 1. The number of rotatable bonds is 4. The molecule has 0 aliphatic carbocycles. The first-order chi connectivity index (χ1) is 11.1. The number of hydrogen-bond acceptors (Lipinski definition) is 2. The molecule has 0 radical (unpaired) electrons. The van der Waals surface area contributed by atoms with Crippen LogP contribution in [0.2, 0.25) is 0 Å². The minimum absolute atomic E-state index is 0.109. The van der Waals surface area contributed by atoms with Crippen molar-refractivity contribution < 1.29 is 4.79 Å². The maximum absolute atomic E-state index is 12.4. The van der Waals surface area contributed by atoms with E-state index in [-0.39, 0.29) is 5.91 Å². The van der Waals surface area contributed by atoms with Gasteiger partial charge in [0, 0.05) is 11.8 Å². The normalized spacial score (nSPS) is 10.5. The molecule has 1 amide bonds. The summed E-state index contributed by atoms with van der Waals surface area (Å²) in [6.45, 7) is 4.64. The van der Waals surface area contributed by atoms with Gasteiger partial charge in [0.2, 0.25) is 0 Å². The lowest BCUT2D eigenvalue weighted by atomic mass is 10.1. The van der Waals surface area contributed by atoms with E-state index < -0.39 is 0 Å². The van der Waals surface area contributed by atoms with Crippen molar-refractivity contribution in [2.75, 3.05) is 5.32 Å². The summed E-state index contributed by atoms with van der Waals surface area (Å²) in [6.07, 6.45) is 3.51. The minimum atomic E-state index is -0.109. The highest BCUT2D eigenvalue weighted by molar-refractivity contribution is 6.05. The zero-order valence-electron chi connectivity index (χ0n) is 13.3. The average Bonchev–Trinajstić information content (AvgIpc) is 2.95. The van der Waals surface area contributed by atoms with Crippen molar-refractivity contribution in [2.24, 2.45) is 0 Å². The second-order valence-electron chi connectivity index (χ2n) is 5.68. The topological polar surface area (TPSA) is 46.9 Å². The van der Waals surface area contributed by atoms with Crippen molar-refractivity contribution >= 4 is 11.6 Å². The van der Waals surface area contributed by atoms with Crippen LogP contribution in [0.15, 0.2) is 60.9 Å². The Labute approximate surface area is 135 Å². The molecule has 0 bridgehead atoms. The van der Waals surface area contributed by atoms with E-state index in [0.29, 0.717) is 17.8 Å². The van der Waals surface area contributed by atoms with E-state index in [1.807, 2.05) is 61.1 Å². The Hall–Kier alpha value is -2.88. The van der Waals surface area contributed by atoms with Crippen LogP contribution in [0.25, 0.3) is 0 Å². The Bertz CT molecular complexity index is 822. The number of benzene rings is 2. The van der Waals surface area contributed by atoms with E-state index in [9.17, 15) is 4.79 Å². The number of carbonyl (C=O) groups excluding carboxylic acids is 1. The molecule has 4 heteroatoms. The van der Waals surface area contributed by atoms with Crippen LogP contribution in [0.1, 0.15) is 27.0 Å². The number of amides is 1. The van der Waals surface area contributed by atoms with Crippen LogP contribution < -0.4 is 5.32 Å². The smallest absolute Gasteiger partial charge is 0.256 e. The van der Waals surface area contributed by atoms with Gasteiger partial charge >= 0.3 is 0 Å². The van der Waals surface area contributed by atoms with Crippen molar-refractivity contribution in [2.45, 2.75) is 20.4 Å². The molecule has 3 aromatic rings. The zero-order valence-corrected chi connectivity index (χ0v) is 13.3. The summed E-state index contributed by atoms with van der Waals surface area (Å²) in [5.74, 6) is -0.109. The van der Waals surface area contributed by atoms with Crippen molar-refractivity contribution in [1.29, 1.82) is 0 Å². The Morgan fingerprint density at radius 2 is 1.91 bits per heavy atom. The molecule has 0 spiro atoms. The average molecular weight is 305 g/mol. The molecule has 4 nitrogen and oxygen atoms in total. The first-order valence-corrected chi connectivity index (χ1v) is 7.57. The SMILES string of the molecule is Cc1ccc(C(=O)Nc2cnn(Cc3ccccc3)c2)c(C)c1. The fraction of sp³-hybridized carbons (Fsp3) is 0.158. The van der Waals surface area contributed by atoms with Gasteiger partial charge in [-0.3, -0.25) is 9.48 Å². The molecule has 1 aromatic heterocycles. The molecule has 23 heavy (non-hydrogen) atoms. The highest BCUT2D eigenvalue weighted by Gasteiger charge is 2.10. The summed E-state index contributed by atoms with van der Waals surface area (Å²) < 4.78 is 1.81. The monoisotopic (exact) mass is 305 g/mol. The third kappa shape index (κ3) is 3.66. The Balaban J connectivity index is 1.70. The van der Waals surface area contributed by atoms with Gasteiger partial charge in [0.05, 0.1) is 18.4 Å². The third-order valence-corrected chi connectivity index (χ3v) is 3.71. The molecule has 2 aromatic carbocycles. The Morgan fingerprint density at radius 1 is 1.13 bits per heavy atom. The van der Waals surface area contributed by atoms with Gasteiger partial charge in [0.1, 0.15) is 0 Å². The number of nitrogens with one attached hydrogen (secondary N) is 1. The molecule has 0 saturated carbocycles. The standard InChI is InChI=1S/C19H19N3O/c1-14-8-9-18(15(2)10-14)19(23)21-17-11-20-22(13-17)12-16-6-4-3-5-7-16/h3-11,13H,12H2,1-2H3,(H,21,23). The van der Waals surface area contributed by atoms with Crippen LogP contribution >= 0.6 is 0 Å². The van der Waals surface area contributed by atoms with Crippen LogP contribution in [0, 0.1) is 13.8 Å². The molecule has 1 N–H and O–H groups in total. The van der Waals surface area contributed by atoms with Gasteiger partial charge in [0.25, 0.3) is 5.91 Å². The Kier molecular flexibility index (Phi) is 4.24. The van der Waals surface area contributed by atoms with Crippen LogP contribution in [-0.4, -0.2) is 15.7 Å². The largest absolute Gasteiger partial charge is 0.319 e. The molecular formula is C19H19N3O. The quantitative estimate of drug-likeness (QED) is 0.797. The molecule has 0 atom stereocenters. The zero-order chi connectivity index (χ0) is 16.2. The second kappa shape index (κ2) is 6.48. The fourth-order valence-corrected chi connectivity index (χ4v) is 2.55. The maximum Gasteiger partial charge on any atom is 0.256 e. The predicted molar refractivity (Wildman–Crippen MR) is 91.6 cm³/mol. The van der Waals surface area contributed by atoms with E-state index in [1.54, 1.807) is 6.20 Å². The Morgan fingerprint density at radius 3 is 2.65 bits per heavy atom. The molecular weight excluding hydrogens is 286 g/mol. The van der Waals surface area contributed by atoms with Gasteiger partial charge in [-0.1, -0.05) is 48.0 Å². The summed E-state index contributed by atoms with van der Waals surface area (Å²) in [6, 6.07) is 15.9. The summed E-state index contributed by atoms with van der Waals surface area (Å²) in [7, 11) is 0. The van der Waals surface area contributed by atoms with E-state index in [4.69, 9.17) is 0 Å². The molecule has 1 heterocycles. The lowest BCUT2D eigenvalue weighted by Gasteiger charge is -2.06. The van der Waals surface area contributed by atoms with Crippen molar-refractivity contribution in [1.82, 2.24) is 9.78 Å². The van der Waals surface area contributed by atoms with Crippen molar-refractivity contribution in [3.63, 3.8) is 0 Å². The number of anilines is 1. The van der Waals surface area contributed by atoms with Crippen molar-refractivity contribution in [3.05, 3.63) is 83.2 Å². The molecule has 0 unspecified atom stereocenters. The molecule has 0 fully saturated rings. The lowest BCUT2D eigenvalue weighted by Crippen LogP contribution is -2.13. The second-order valence-corrected chi connectivity index (χ2v) is 5.68. The summed E-state index contributed by atoms with van der Waals surface area (Å²) >= 11 is 0. The maximum atomic E-state index is 12.4. The molecule has 0 aliphatic rings. The minimum Gasteiger partial charge on any atom is -0.319 e. The van der Waals surface area contributed by atoms with Gasteiger partial charge in [-0.15, -0.1) is 0 Å². The van der Waals surface area contributed by atoms with Gasteiger partial charge < -0.3 is 5.32 Å². The first kappa shape index (κ1) is 15.0. The number of nitrogens with zero attached hydrogens (tertiary/aromatic N) is 2. The third-order valence-electron chi connectivity index (χ3n) is 3.71. The molecule has 116 valence electrons. The highest BCUT2D eigenvalue weighted by atomic mass is 16.1. The van der Waals surface area contributed by atoms with Gasteiger partial charge in [-0.25, -0.2) is 0 Å². The van der Waals surface area contributed by atoms with Crippen molar-refractivity contribution in [3.8, 4) is 0 Å². The molecule has 0 aliphatic heterocycles. The lowest BCUT2D eigenvalue weighted by molar-refractivity contribution is 0.102. The summed E-state index contributed by atoms with van der Waals surface area (Å²) in [5.41, 5.74) is 4.68. The number of aryl methyl sites for hydroxylation is 2.